The molecule has 0 spiro atoms. The molecule has 2 aliphatic rings. The standard InChI is InChI=1S/C10H11N3O.C9H9N3O.CH3I/c1-14-10-8-5-3-2-4-7(8)6-9(10)12-13-11;10-12-11-8-5-6-3-1-2-4-7(6)9(8)13;1-2/h2-5,9-10H,6H2,1H3;1-4,8-9,13H,5H2;1H3. The Morgan fingerprint density at radius 1 is 0.897 bits per heavy atom. The number of aliphatic hydroxyl groups is 1. The topological polar surface area (TPSA) is 127 Å². The van der Waals surface area contributed by atoms with Gasteiger partial charge in [-0.1, -0.05) is 81.4 Å². The van der Waals surface area contributed by atoms with Crippen LogP contribution in [0.15, 0.2) is 58.8 Å². The number of rotatable bonds is 3. The Balaban J connectivity index is 0.000000191. The molecule has 4 atom stereocenters. The molecule has 2 aromatic carbocycles. The molecule has 9 heteroatoms. The van der Waals surface area contributed by atoms with Crippen LogP contribution >= 0.6 is 22.6 Å². The molecule has 152 valence electrons. The van der Waals surface area contributed by atoms with Crippen molar-refractivity contribution >= 4 is 22.6 Å². The second kappa shape index (κ2) is 11.6. The van der Waals surface area contributed by atoms with Gasteiger partial charge in [0.1, 0.15) is 0 Å². The molecule has 4 unspecified atom stereocenters. The number of azide groups is 2. The molecule has 0 heterocycles. The zero-order chi connectivity index (χ0) is 21.2. The first kappa shape index (κ1) is 23.0. The van der Waals surface area contributed by atoms with E-state index in [0.29, 0.717) is 6.42 Å². The fourth-order valence-electron chi connectivity index (χ4n) is 3.71. The molecule has 0 aromatic heterocycles. The third kappa shape index (κ3) is 5.41. The third-order valence-corrected chi connectivity index (χ3v) is 4.96. The Kier molecular flexibility index (Phi) is 9.24. The van der Waals surface area contributed by atoms with Crippen LogP contribution < -0.4 is 0 Å². The first-order valence-electron chi connectivity index (χ1n) is 9.02. The summed E-state index contributed by atoms with van der Waals surface area (Å²) in [5, 5.41) is 17.0. The van der Waals surface area contributed by atoms with Crippen LogP contribution in [0.4, 0.5) is 0 Å². The van der Waals surface area contributed by atoms with Gasteiger partial charge in [0.2, 0.25) is 0 Å². The summed E-state index contributed by atoms with van der Waals surface area (Å²) >= 11 is 2.15. The fraction of sp³-hybridized carbons (Fsp3) is 0.400. The molecule has 0 saturated heterocycles. The van der Waals surface area contributed by atoms with Crippen molar-refractivity contribution in [2.45, 2.75) is 37.1 Å². The molecular weight excluding hydrogens is 483 g/mol. The summed E-state index contributed by atoms with van der Waals surface area (Å²) < 4.78 is 5.34. The van der Waals surface area contributed by atoms with E-state index in [2.05, 4.69) is 42.6 Å². The molecule has 0 radical (unpaired) electrons. The SMILES string of the molecule is CI.COC1c2ccccc2CC1N=[N+]=[N-].[N-]=[N+]=NC1Cc2ccccc2C1O. The number of halogens is 1. The van der Waals surface area contributed by atoms with Gasteiger partial charge in [0, 0.05) is 16.9 Å². The maximum Gasteiger partial charge on any atom is 0.0911 e. The van der Waals surface area contributed by atoms with Gasteiger partial charge in [0.25, 0.3) is 0 Å². The maximum atomic E-state index is 9.71. The van der Waals surface area contributed by atoms with Crippen molar-refractivity contribution in [2.24, 2.45) is 10.2 Å². The summed E-state index contributed by atoms with van der Waals surface area (Å²) in [7, 11) is 1.65. The summed E-state index contributed by atoms with van der Waals surface area (Å²) in [6, 6.07) is 15.2. The van der Waals surface area contributed by atoms with E-state index in [0.717, 1.165) is 23.1 Å². The lowest BCUT2D eigenvalue weighted by Gasteiger charge is -2.13. The Bertz CT molecular complexity index is 911. The first-order valence-corrected chi connectivity index (χ1v) is 11.2. The zero-order valence-corrected chi connectivity index (χ0v) is 18.4. The number of methoxy groups -OCH3 is 1. The van der Waals surface area contributed by atoms with Crippen molar-refractivity contribution in [2.75, 3.05) is 12.0 Å². The van der Waals surface area contributed by atoms with Crippen molar-refractivity contribution in [1.29, 1.82) is 0 Å². The second-order valence-electron chi connectivity index (χ2n) is 6.45. The Morgan fingerprint density at radius 3 is 1.93 bits per heavy atom. The van der Waals surface area contributed by atoms with Crippen LogP contribution in [-0.4, -0.2) is 29.2 Å². The van der Waals surface area contributed by atoms with Crippen molar-refractivity contribution in [3.05, 3.63) is 91.7 Å². The van der Waals surface area contributed by atoms with E-state index in [1.807, 2.05) is 53.5 Å². The van der Waals surface area contributed by atoms with Gasteiger partial charge in [-0.15, -0.1) is 0 Å². The molecule has 0 fully saturated rings. The lowest BCUT2D eigenvalue weighted by atomic mass is 10.1. The molecule has 0 saturated carbocycles. The molecular formula is C20H23IN6O2. The Hall–Kier alpha value is -2.29. The highest BCUT2D eigenvalue weighted by Gasteiger charge is 2.31. The number of hydrogen-bond acceptors (Lipinski definition) is 4. The minimum atomic E-state index is -0.632. The zero-order valence-electron chi connectivity index (χ0n) is 16.3. The van der Waals surface area contributed by atoms with Gasteiger partial charge < -0.3 is 9.84 Å². The normalized spacial score (nSPS) is 23.0. The Labute approximate surface area is 183 Å². The largest absolute Gasteiger partial charge is 0.388 e. The molecule has 0 aliphatic heterocycles. The molecule has 1 N–H and O–H groups in total. The lowest BCUT2D eigenvalue weighted by molar-refractivity contribution is 0.0904. The summed E-state index contributed by atoms with van der Waals surface area (Å²) in [6.45, 7) is 0. The van der Waals surface area contributed by atoms with Crippen LogP contribution in [0.3, 0.4) is 0 Å². The number of hydrogen-bond donors (Lipinski definition) is 1. The molecule has 0 bridgehead atoms. The fourth-order valence-corrected chi connectivity index (χ4v) is 3.71. The number of benzene rings is 2. The van der Waals surface area contributed by atoms with Gasteiger partial charge in [-0.2, -0.15) is 0 Å². The minimum Gasteiger partial charge on any atom is -0.388 e. The van der Waals surface area contributed by atoms with Crippen LogP contribution in [0.5, 0.6) is 0 Å². The Morgan fingerprint density at radius 2 is 1.38 bits per heavy atom. The predicted molar refractivity (Wildman–Crippen MR) is 121 cm³/mol. The van der Waals surface area contributed by atoms with Crippen LogP contribution in [0.1, 0.15) is 34.5 Å². The van der Waals surface area contributed by atoms with Gasteiger partial charge in [0.15, 0.2) is 0 Å². The van der Waals surface area contributed by atoms with Gasteiger partial charge >= 0.3 is 0 Å². The van der Waals surface area contributed by atoms with Gasteiger partial charge in [-0.25, -0.2) is 0 Å². The van der Waals surface area contributed by atoms with Crippen molar-refractivity contribution in [3.8, 4) is 0 Å². The lowest BCUT2D eigenvalue weighted by Crippen LogP contribution is -2.12. The number of fused-ring (bicyclic) bond motifs is 2. The van der Waals surface area contributed by atoms with Crippen molar-refractivity contribution in [1.82, 2.24) is 0 Å². The number of alkyl halides is 1. The van der Waals surface area contributed by atoms with Crippen LogP contribution in [0.25, 0.3) is 20.9 Å². The van der Waals surface area contributed by atoms with Crippen molar-refractivity contribution < 1.29 is 9.84 Å². The summed E-state index contributed by atoms with van der Waals surface area (Å²) in [4.78, 5) is 7.53. The van der Waals surface area contributed by atoms with E-state index in [4.69, 9.17) is 15.8 Å². The monoisotopic (exact) mass is 506 g/mol. The molecule has 29 heavy (non-hydrogen) atoms. The number of ether oxygens (including phenoxy) is 1. The van der Waals surface area contributed by atoms with E-state index < -0.39 is 6.10 Å². The van der Waals surface area contributed by atoms with Crippen LogP contribution in [0, 0.1) is 0 Å². The number of nitrogens with zero attached hydrogens (tertiary/aromatic N) is 6. The summed E-state index contributed by atoms with van der Waals surface area (Å²) in [6.07, 6.45) is 0.703. The van der Waals surface area contributed by atoms with Gasteiger partial charge in [-0.05, 0) is 51.1 Å². The highest BCUT2D eigenvalue weighted by atomic mass is 127. The molecule has 2 aromatic rings. The highest BCUT2D eigenvalue weighted by Crippen LogP contribution is 2.35. The van der Waals surface area contributed by atoms with E-state index in [1.54, 1.807) is 7.11 Å². The summed E-state index contributed by atoms with van der Waals surface area (Å²) in [5.41, 5.74) is 21.0. The average molecular weight is 506 g/mol. The van der Waals surface area contributed by atoms with Crippen LogP contribution in [-0.2, 0) is 17.6 Å². The highest BCUT2D eigenvalue weighted by molar-refractivity contribution is 14.1. The quantitative estimate of drug-likeness (QED) is 0.191. The summed E-state index contributed by atoms with van der Waals surface area (Å²) in [5.74, 6) is 0. The van der Waals surface area contributed by atoms with Crippen LogP contribution in [0.2, 0.25) is 0 Å². The second-order valence-corrected chi connectivity index (χ2v) is 6.45. The number of aliphatic hydroxyl groups excluding tert-OH is 1. The third-order valence-electron chi connectivity index (χ3n) is 4.96. The van der Waals surface area contributed by atoms with E-state index in [1.165, 1.54) is 5.56 Å². The maximum absolute atomic E-state index is 9.71. The molecule has 2 aliphatic carbocycles. The molecule has 0 amide bonds. The minimum absolute atomic E-state index is 0.0814. The molecule has 4 rings (SSSR count). The van der Waals surface area contributed by atoms with Gasteiger partial charge in [0.05, 0.1) is 24.3 Å². The van der Waals surface area contributed by atoms with E-state index in [-0.39, 0.29) is 18.2 Å². The average Bonchev–Trinajstić information content (AvgIpc) is 3.28. The van der Waals surface area contributed by atoms with E-state index in [9.17, 15) is 5.11 Å². The van der Waals surface area contributed by atoms with Gasteiger partial charge in [-0.3, -0.25) is 0 Å². The van der Waals surface area contributed by atoms with Crippen molar-refractivity contribution in [3.63, 3.8) is 0 Å². The molecule has 8 nitrogen and oxygen atoms in total. The van der Waals surface area contributed by atoms with E-state index >= 15 is 0 Å². The predicted octanol–water partition coefficient (Wildman–Crippen LogP) is 5.62. The first-order chi connectivity index (χ1) is 14.2. The smallest absolute Gasteiger partial charge is 0.0911 e.